The van der Waals surface area contributed by atoms with E-state index in [1.165, 1.54) is 0 Å². The summed E-state index contributed by atoms with van der Waals surface area (Å²) in [6, 6.07) is 20.4. The van der Waals surface area contributed by atoms with Crippen LogP contribution in [0.2, 0.25) is 0 Å². The number of amides is 1. The van der Waals surface area contributed by atoms with Crippen molar-refractivity contribution in [2.24, 2.45) is 0 Å². The zero-order valence-electron chi connectivity index (χ0n) is 15.8. The number of nitrogens with zero attached hydrogens (tertiary/aromatic N) is 1. The molecule has 0 saturated carbocycles. The Balaban J connectivity index is 1.61. The van der Waals surface area contributed by atoms with Gasteiger partial charge in [-0.25, -0.2) is 4.79 Å². The monoisotopic (exact) mass is 394 g/mol. The number of esters is 1. The summed E-state index contributed by atoms with van der Waals surface area (Å²) in [6.45, 7) is -0.330. The summed E-state index contributed by atoms with van der Waals surface area (Å²) < 4.78 is 5.18. The summed E-state index contributed by atoms with van der Waals surface area (Å²) in [5.41, 5.74) is 2.37. The van der Waals surface area contributed by atoms with Crippen LogP contribution in [0, 0.1) is 0 Å². The molecule has 144 valence electrons. The lowest BCUT2D eigenvalue weighted by atomic mass is 10.1. The van der Waals surface area contributed by atoms with Gasteiger partial charge in [-0.05, 0) is 41.3 Å². The summed E-state index contributed by atoms with van der Waals surface area (Å²) in [6.07, 6.45) is 0. The van der Waals surface area contributed by atoms with E-state index in [0.717, 1.165) is 16.1 Å². The molecule has 5 nitrogen and oxygen atoms in total. The number of benzene rings is 2. The van der Waals surface area contributed by atoms with E-state index >= 15 is 0 Å². The van der Waals surface area contributed by atoms with Gasteiger partial charge in [0.25, 0.3) is 5.91 Å². The van der Waals surface area contributed by atoms with Gasteiger partial charge in [0.2, 0.25) is 0 Å². The van der Waals surface area contributed by atoms with E-state index in [9.17, 15) is 9.59 Å². The van der Waals surface area contributed by atoms with Gasteiger partial charge in [0.1, 0.15) is 0 Å². The minimum absolute atomic E-state index is 0.272. The summed E-state index contributed by atoms with van der Waals surface area (Å²) in [5.74, 6) is -0.867. The molecule has 1 atom stereocenters. The SMILES string of the molecule is CN(C)c1ccc(C(=O)OCC(=O)N[C@H](c2ccccc2)c2cccs2)cc1. The number of hydrogen-bond donors (Lipinski definition) is 1. The molecule has 0 aliphatic rings. The molecule has 6 heteroatoms. The molecule has 3 aromatic rings. The summed E-state index contributed by atoms with van der Waals surface area (Å²) in [4.78, 5) is 27.6. The van der Waals surface area contributed by atoms with Crippen LogP contribution >= 0.6 is 11.3 Å². The van der Waals surface area contributed by atoms with Crippen LogP contribution in [0.1, 0.15) is 26.8 Å². The Kier molecular flexibility index (Phi) is 6.45. The van der Waals surface area contributed by atoms with Gasteiger partial charge in [0, 0.05) is 24.7 Å². The van der Waals surface area contributed by atoms with Crippen LogP contribution < -0.4 is 10.2 Å². The van der Waals surface area contributed by atoms with Gasteiger partial charge in [0.15, 0.2) is 6.61 Å². The molecule has 0 aliphatic carbocycles. The predicted molar refractivity (Wildman–Crippen MR) is 112 cm³/mol. The minimum Gasteiger partial charge on any atom is -0.452 e. The lowest BCUT2D eigenvalue weighted by Gasteiger charge is -2.18. The molecule has 0 spiro atoms. The highest BCUT2D eigenvalue weighted by Crippen LogP contribution is 2.25. The van der Waals surface area contributed by atoms with Gasteiger partial charge in [-0.1, -0.05) is 36.4 Å². The molecule has 2 aromatic carbocycles. The molecule has 1 amide bonds. The number of thiophene rings is 1. The number of rotatable bonds is 7. The first-order chi connectivity index (χ1) is 13.5. The number of nitrogens with one attached hydrogen (secondary N) is 1. The maximum Gasteiger partial charge on any atom is 0.338 e. The Labute approximate surface area is 168 Å². The van der Waals surface area contributed by atoms with E-state index in [4.69, 9.17) is 4.74 Å². The normalized spacial score (nSPS) is 11.5. The number of ether oxygens (including phenoxy) is 1. The molecule has 1 aromatic heterocycles. The molecule has 0 unspecified atom stereocenters. The van der Waals surface area contributed by atoms with Crippen LogP contribution in [0.4, 0.5) is 5.69 Å². The van der Waals surface area contributed by atoms with Gasteiger partial charge in [-0.15, -0.1) is 11.3 Å². The minimum atomic E-state index is -0.521. The molecular formula is C22H22N2O3S. The Hall–Kier alpha value is -3.12. The first-order valence-electron chi connectivity index (χ1n) is 8.87. The van der Waals surface area contributed by atoms with Crippen molar-refractivity contribution in [1.82, 2.24) is 5.32 Å². The highest BCUT2D eigenvalue weighted by Gasteiger charge is 2.19. The maximum absolute atomic E-state index is 12.4. The largest absolute Gasteiger partial charge is 0.452 e. The molecule has 0 radical (unpaired) electrons. The molecule has 0 aliphatic heterocycles. The quantitative estimate of drug-likeness (QED) is 0.618. The molecule has 28 heavy (non-hydrogen) atoms. The van der Waals surface area contributed by atoms with E-state index in [1.54, 1.807) is 23.5 Å². The fourth-order valence-corrected chi connectivity index (χ4v) is 3.53. The Morgan fingerprint density at radius 1 is 1.00 bits per heavy atom. The summed E-state index contributed by atoms with van der Waals surface area (Å²) >= 11 is 1.57. The first-order valence-corrected chi connectivity index (χ1v) is 9.75. The lowest BCUT2D eigenvalue weighted by Crippen LogP contribution is -2.32. The smallest absolute Gasteiger partial charge is 0.338 e. The van der Waals surface area contributed by atoms with E-state index in [1.807, 2.05) is 79.0 Å². The van der Waals surface area contributed by atoms with Crippen LogP contribution in [0.15, 0.2) is 72.1 Å². The van der Waals surface area contributed by atoms with Crippen molar-refractivity contribution in [3.63, 3.8) is 0 Å². The zero-order chi connectivity index (χ0) is 19.9. The van der Waals surface area contributed by atoms with Crippen molar-refractivity contribution in [3.05, 3.63) is 88.1 Å². The van der Waals surface area contributed by atoms with E-state index in [0.29, 0.717) is 5.56 Å². The highest BCUT2D eigenvalue weighted by molar-refractivity contribution is 7.10. The van der Waals surface area contributed by atoms with Gasteiger partial charge >= 0.3 is 5.97 Å². The van der Waals surface area contributed by atoms with E-state index < -0.39 is 5.97 Å². The molecule has 1 heterocycles. The van der Waals surface area contributed by atoms with Gasteiger partial charge in [-0.2, -0.15) is 0 Å². The third-order valence-electron chi connectivity index (χ3n) is 4.22. The molecule has 1 N–H and O–H groups in total. The van der Waals surface area contributed by atoms with Crippen molar-refractivity contribution in [1.29, 1.82) is 0 Å². The molecular weight excluding hydrogens is 372 g/mol. The Morgan fingerprint density at radius 2 is 1.71 bits per heavy atom. The Morgan fingerprint density at radius 3 is 2.32 bits per heavy atom. The van der Waals surface area contributed by atoms with Gasteiger partial charge in [0.05, 0.1) is 11.6 Å². The lowest BCUT2D eigenvalue weighted by molar-refractivity contribution is -0.124. The Bertz CT molecular complexity index is 907. The van der Waals surface area contributed by atoms with Crippen LogP contribution in [0.3, 0.4) is 0 Å². The number of carbonyl (C=O) groups is 2. The zero-order valence-corrected chi connectivity index (χ0v) is 16.6. The predicted octanol–water partition coefficient (Wildman–Crippen LogP) is 3.88. The van der Waals surface area contributed by atoms with Crippen molar-refractivity contribution in [2.45, 2.75) is 6.04 Å². The van der Waals surface area contributed by atoms with E-state index in [-0.39, 0.29) is 18.6 Å². The molecule has 0 fully saturated rings. The fraction of sp³-hybridized carbons (Fsp3) is 0.182. The second-order valence-corrected chi connectivity index (χ2v) is 7.42. The van der Waals surface area contributed by atoms with Gasteiger partial charge in [-0.3, -0.25) is 4.79 Å². The van der Waals surface area contributed by atoms with Crippen molar-refractivity contribution in [2.75, 3.05) is 25.6 Å². The van der Waals surface area contributed by atoms with Crippen LogP contribution in [-0.4, -0.2) is 32.6 Å². The average Bonchev–Trinajstić information content (AvgIpc) is 3.25. The topological polar surface area (TPSA) is 58.6 Å². The summed E-state index contributed by atoms with van der Waals surface area (Å²) in [5, 5.41) is 4.92. The average molecular weight is 394 g/mol. The van der Waals surface area contributed by atoms with Crippen LogP contribution in [0.5, 0.6) is 0 Å². The second-order valence-electron chi connectivity index (χ2n) is 6.44. The van der Waals surface area contributed by atoms with E-state index in [2.05, 4.69) is 5.32 Å². The number of hydrogen-bond acceptors (Lipinski definition) is 5. The van der Waals surface area contributed by atoms with Crippen molar-refractivity contribution >= 4 is 28.9 Å². The first kappa shape index (κ1) is 19.6. The van der Waals surface area contributed by atoms with Crippen LogP contribution in [-0.2, 0) is 9.53 Å². The third-order valence-corrected chi connectivity index (χ3v) is 5.16. The fourth-order valence-electron chi connectivity index (χ4n) is 2.73. The van der Waals surface area contributed by atoms with Crippen molar-refractivity contribution in [3.8, 4) is 0 Å². The molecule has 3 rings (SSSR count). The van der Waals surface area contributed by atoms with Gasteiger partial charge < -0.3 is 15.0 Å². The maximum atomic E-state index is 12.4. The highest BCUT2D eigenvalue weighted by atomic mass is 32.1. The second kappa shape index (κ2) is 9.19. The third kappa shape index (κ3) is 4.98. The molecule has 0 bridgehead atoms. The summed E-state index contributed by atoms with van der Waals surface area (Å²) in [7, 11) is 3.85. The standard InChI is InChI=1S/C22H22N2O3S/c1-24(2)18-12-10-17(11-13-18)22(26)27-15-20(25)23-21(19-9-6-14-28-19)16-7-4-3-5-8-16/h3-14,21H,15H2,1-2H3,(H,23,25)/t21-/m1/s1. The number of carbonyl (C=O) groups excluding carboxylic acids is 2. The van der Waals surface area contributed by atoms with Crippen molar-refractivity contribution < 1.29 is 14.3 Å². The van der Waals surface area contributed by atoms with Crippen LogP contribution in [0.25, 0.3) is 0 Å². The molecule has 0 saturated heterocycles. The number of anilines is 1.